The lowest BCUT2D eigenvalue weighted by Gasteiger charge is -2.35. The summed E-state index contributed by atoms with van der Waals surface area (Å²) in [6.07, 6.45) is 10.3. The number of hydrogen-bond acceptors (Lipinski definition) is 5. The number of carbonyl (C=O) groups is 1. The molecule has 2 N–H and O–H groups in total. The molecule has 174 valence electrons. The van der Waals surface area contributed by atoms with E-state index >= 15 is 0 Å². The highest BCUT2D eigenvalue weighted by molar-refractivity contribution is 7.89. The summed E-state index contributed by atoms with van der Waals surface area (Å²) >= 11 is 0. The molecule has 2 aliphatic rings. The van der Waals surface area contributed by atoms with Crippen LogP contribution in [0.15, 0.2) is 52.0 Å². The molecule has 1 amide bonds. The van der Waals surface area contributed by atoms with Gasteiger partial charge in [-0.1, -0.05) is 19.3 Å². The zero-order valence-corrected chi connectivity index (χ0v) is 19.3. The number of rotatable bonds is 8. The van der Waals surface area contributed by atoms with E-state index in [1.165, 1.54) is 57.0 Å². The molecule has 32 heavy (non-hydrogen) atoms. The van der Waals surface area contributed by atoms with Crippen LogP contribution >= 0.6 is 0 Å². The summed E-state index contributed by atoms with van der Waals surface area (Å²) in [4.78, 5) is 15.3. The Hall–Kier alpha value is -2.16. The van der Waals surface area contributed by atoms with Gasteiger partial charge < -0.3 is 14.6 Å². The molecule has 1 aromatic carbocycles. The maximum atomic E-state index is 12.7. The third-order valence-corrected chi connectivity index (χ3v) is 8.02. The molecule has 1 aliphatic heterocycles. The normalized spacial score (nSPS) is 19.1. The number of nitrogens with zero attached hydrogens (tertiary/aromatic N) is 1. The average molecular weight is 460 g/mol. The summed E-state index contributed by atoms with van der Waals surface area (Å²) in [5.74, 6) is 1.23. The second-order valence-electron chi connectivity index (χ2n) is 8.98. The lowest BCUT2D eigenvalue weighted by atomic mass is 9.88. The monoisotopic (exact) mass is 459 g/mol. The number of sulfonamides is 1. The van der Waals surface area contributed by atoms with Crippen LogP contribution in [0.1, 0.15) is 61.1 Å². The number of amides is 1. The SMILES string of the molecule is O=C(NC1CCN(CC2CCCCC2)CC1)c1ccc(S(=O)(=O)NCc2ccco2)cc1. The summed E-state index contributed by atoms with van der Waals surface area (Å²) in [5.41, 5.74) is 0.472. The number of hydrogen-bond donors (Lipinski definition) is 2. The topological polar surface area (TPSA) is 91.7 Å². The Kier molecular flexibility index (Phi) is 7.65. The van der Waals surface area contributed by atoms with Crippen molar-refractivity contribution in [1.82, 2.24) is 14.9 Å². The molecule has 1 saturated heterocycles. The fraction of sp³-hybridized carbons (Fsp3) is 0.542. The van der Waals surface area contributed by atoms with Gasteiger partial charge in [0.25, 0.3) is 5.91 Å². The smallest absolute Gasteiger partial charge is 0.251 e. The molecular formula is C24H33N3O4S. The van der Waals surface area contributed by atoms with Crippen molar-refractivity contribution in [2.24, 2.45) is 5.92 Å². The van der Waals surface area contributed by atoms with E-state index in [-0.39, 0.29) is 23.4 Å². The maximum Gasteiger partial charge on any atom is 0.251 e. The van der Waals surface area contributed by atoms with Crippen molar-refractivity contribution in [3.63, 3.8) is 0 Å². The van der Waals surface area contributed by atoms with Gasteiger partial charge in [0.2, 0.25) is 10.0 Å². The van der Waals surface area contributed by atoms with Crippen LogP contribution in [-0.4, -0.2) is 44.9 Å². The summed E-state index contributed by atoms with van der Waals surface area (Å²) in [7, 11) is -3.67. The van der Waals surface area contributed by atoms with Crippen LogP contribution in [0, 0.1) is 5.92 Å². The largest absolute Gasteiger partial charge is 0.468 e. The van der Waals surface area contributed by atoms with Crippen molar-refractivity contribution in [3.8, 4) is 0 Å². The van der Waals surface area contributed by atoms with Crippen LogP contribution in [0.5, 0.6) is 0 Å². The molecule has 1 aromatic heterocycles. The second-order valence-corrected chi connectivity index (χ2v) is 10.7. The summed E-state index contributed by atoms with van der Waals surface area (Å²) in [5, 5.41) is 3.12. The molecule has 1 saturated carbocycles. The van der Waals surface area contributed by atoms with E-state index in [0.717, 1.165) is 31.8 Å². The van der Waals surface area contributed by atoms with Gasteiger partial charge in [0, 0.05) is 31.2 Å². The Balaban J connectivity index is 1.24. The lowest BCUT2D eigenvalue weighted by molar-refractivity contribution is 0.0901. The van der Waals surface area contributed by atoms with E-state index < -0.39 is 10.0 Å². The lowest BCUT2D eigenvalue weighted by Crippen LogP contribution is -2.45. The second kappa shape index (κ2) is 10.6. The van der Waals surface area contributed by atoms with Crippen molar-refractivity contribution >= 4 is 15.9 Å². The molecule has 0 atom stereocenters. The van der Waals surface area contributed by atoms with Gasteiger partial charge in [-0.05, 0) is 68.0 Å². The highest BCUT2D eigenvalue weighted by atomic mass is 32.2. The Morgan fingerprint density at radius 2 is 1.72 bits per heavy atom. The molecule has 1 aliphatic carbocycles. The highest BCUT2D eigenvalue weighted by Gasteiger charge is 2.24. The van der Waals surface area contributed by atoms with Crippen molar-refractivity contribution in [3.05, 3.63) is 54.0 Å². The fourth-order valence-electron chi connectivity index (χ4n) is 4.71. The van der Waals surface area contributed by atoms with Gasteiger partial charge in [0.15, 0.2) is 0 Å². The van der Waals surface area contributed by atoms with Crippen LogP contribution in [0.2, 0.25) is 0 Å². The van der Waals surface area contributed by atoms with Gasteiger partial charge in [-0.25, -0.2) is 13.1 Å². The predicted octanol–water partition coefficient (Wildman–Crippen LogP) is 3.53. The number of nitrogens with one attached hydrogen (secondary N) is 2. The maximum absolute atomic E-state index is 12.7. The first-order valence-electron chi connectivity index (χ1n) is 11.6. The molecule has 2 heterocycles. The molecule has 7 nitrogen and oxygen atoms in total. The number of furan rings is 1. The quantitative estimate of drug-likeness (QED) is 0.630. The summed E-state index contributed by atoms with van der Waals surface area (Å²) in [6.45, 7) is 3.33. The summed E-state index contributed by atoms with van der Waals surface area (Å²) < 4.78 is 32.5. The predicted molar refractivity (Wildman–Crippen MR) is 123 cm³/mol. The Labute approximate surface area is 190 Å². The van der Waals surface area contributed by atoms with Crippen LogP contribution in [0.25, 0.3) is 0 Å². The Morgan fingerprint density at radius 1 is 1.00 bits per heavy atom. The minimum absolute atomic E-state index is 0.0804. The van der Waals surface area contributed by atoms with Crippen molar-refractivity contribution in [2.75, 3.05) is 19.6 Å². The van der Waals surface area contributed by atoms with Gasteiger partial charge in [0.05, 0.1) is 17.7 Å². The highest BCUT2D eigenvalue weighted by Crippen LogP contribution is 2.25. The van der Waals surface area contributed by atoms with E-state index in [9.17, 15) is 13.2 Å². The van der Waals surface area contributed by atoms with Crippen molar-refractivity contribution in [2.45, 2.75) is 62.4 Å². The first-order valence-corrected chi connectivity index (χ1v) is 13.1. The van der Waals surface area contributed by atoms with Crippen LogP contribution < -0.4 is 10.0 Å². The van der Waals surface area contributed by atoms with E-state index in [2.05, 4.69) is 14.9 Å². The van der Waals surface area contributed by atoms with Gasteiger partial charge in [-0.15, -0.1) is 0 Å². The number of piperidine rings is 1. The zero-order valence-electron chi connectivity index (χ0n) is 18.5. The van der Waals surface area contributed by atoms with Crippen LogP contribution in [0.4, 0.5) is 0 Å². The van der Waals surface area contributed by atoms with E-state index in [1.54, 1.807) is 24.3 Å². The number of benzene rings is 1. The molecule has 0 spiro atoms. The molecule has 0 radical (unpaired) electrons. The van der Waals surface area contributed by atoms with Crippen LogP contribution in [0.3, 0.4) is 0 Å². The minimum atomic E-state index is -3.67. The Bertz CT molecular complexity index is 959. The first-order chi connectivity index (χ1) is 15.5. The van der Waals surface area contributed by atoms with Gasteiger partial charge in [-0.2, -0.15) is 0 Å². The molecule has 2 aromatic rings. The summed E-state index contributed by atoms with van der Waals surface area (Å²) in [6, 6.07) is 9.64. The molecule has 0 unspecified atom stereocenters. The molecular weight excluding hydrogens is 426 g/mol. The average Bonchev–Trinajstić information content (AvgIpc) is 3.34. The molecule has 4 rings (SSSR count). The van der Waals surface area contributed by atoms with Gasteiger partial charge >= 0.3 is 0 Å². The van der Waals surface area contributed by atoms with Gasteiger partial charge in [0.1, 0.15) is 5.76 Å². The number of carbonyl (C=O) groups excluding carboxylic acids is 1. The van der Waals surface area contributed by atoms with Crippen molar-refractivity contribution in [1.29, 1.82) is 0 Å². The molecule has 0 bridgehead atoms. The molecule has 2 fully saturated rings. The number of likely N-dealkylation sites (tertiary alicyclic amines) is 1. The standard InChI is InChI=1S/C24H33N3O4S/c28-24(26-21-12-14-27(15-13-21)18-19-5-2-1-3-6-19)20-8-10-23(11-9-20)32(29,30)25-17-22-7-4-16-31-22/h4,7-11,16,19,21,25H,1-3,5-6,12-15,17-18H2,(H,26,28). The third-order valence-electron chi connectivity index (χ3n) is 6.61. The van der Waals surface area contributed by atoms with Gasteiger partial charge in [-0.3, -0.25) is 4.79 Å². The fourth-order valence-corrected chi connectivity index (χ4v) is 5.70. The van der Waals surface area contributed by atoms with E-state index in [1.807, 2.05) is 0 Å². The third kappa shape index (κ3) is 6.21. The first kappa shape index (κ1) is 23.0. The zero-order chi connectivity index (χ0) is 22.4. The van der Waals surface area contributed by atoms with E-state index in [0.29, 0.717) is 11.3 Å². The molecule has 8 heteroatoms. The van der Waals surface area contributed by atoms with Crippen LogP contribution in [-0.2, 0) is 16.6 Å². The minimum Gasteiger partial charge on any atom is -0.468 e. The van der Waals surface area contributed by atoms with E-state index in [4.69, 9.17) is 4.42 Å². The van der Waals surface area contributed by atoms with Crippen molar-refractivity contribution < 1.29 is 17.6 Å². The Morgan fingerprint density at radius 3 is 2.38 bits per heavy atom.